The summed E-state index contributed by atoms with van der Waals surface area (Å²) in [6.45, 7) is 4.50. The molecule has 2 heterocycles. The molecule has 0 N–H and O–H groups in total. The third-order valence-corrected chi connectivity index (χ3v) is 2.16. The van der Waals surface area contributed by atoms with Crippen molar-refractivity contribution in [2.45, 2.75) is 26.3 Å². The number of hydrogen-bond acceptors (Lipinski definition) is 4. The molecular formula is C11H13N3O2. The topological polar surface area (TPSA) is 60.9 Å². The van der Waals surface area contributed by atoms with Gasteiger partial charge in [-0.05, 0) is 0 Å². The van der Waals surface area contributed by atoms with Crippen LogP contribution in [-0.4, -0.2) is 14.7 Å². The Bertz CT molecular complexity index is 508. The quantitative estimate of drug-likeness (QED) is 0.782. The molecule has 0 saturated carbocycles. The first kappa shape index (κ1) is 10.6. The minimum atomic E-state index is -0.00719. The van der Waals surface area contributed by atoms with Crippen LogP contribution in [0.5, 0.6) is 0 Å². The maximum atomic E-state index is 10.9. The van der Waals surface area contributed by atoms with E-state index < -0.39 is 0 Å². The lowest BCUT2D eigenvalue weighted by Crippen LogP contribution is -2.05. The summed E-state index contributed by atoms with van der Waals surface area (Å²) in [6.07, 6.45) is 3.40. The first-order chi connectivity index (χ1) is 7.65. The Morgan fingerprint density at radius 2 is 2.06 bits per heavy atom. The Morgan fingerprint density at radius 1 is 1.38 bits per heavy atom. The van der Waals surface area contributed by atoms with Crippen molar-refractivity contribution in [2.24, 2.45) is 0 Å². The molecule has 0 aromatic carbocycles. The van der Waals surface area contributed by atoms with Crippen molar-refractivity contribution in [3.8, 4) is 0 Å². The van der Waals surface area contributed by atoms with Crippen LogP contribution in [-0.2, 0) is 6.54 Å². The van der Waals surface area contributed by atoms with Gasteiger partial charge >= 0.3 is 0 Å². The zero-order chi connectivity index (χ0) is 11.5. The predicted molar refractivity (Wildman–Crippen MR) is 58.2 cm³/mol. The molecule has 0 unspecified atom stereocenters. The molecular weight excluding hydrogens is 206 g/mol. The summed E-state index contributed by atoms with van der Waals surface area (Å²) >= 11 is 0. The molecule has 0 aliphatic heterocycles. The predicted octanol–water partition coefficient (Wildman–Crippen LogP) is 1.40. The van der Waals surface area contributed by atoms with Crippen LogP contribution in [0.4, 0.5) is 0 Å². The van der Waals surface area contributed by atoms with Crippen LogP contribution in [0.3, 0.4) is 0 Å². The second-order valence-corrected chi connectivity index (χ2v) is 3.91. The van der Waals surface area contributed by atoms with Crippen molar-refractivity contribution in [1.29, 1.82) is 0 Å². The van der Waals surface area contributed by atoms with Crippen molar-refractivity contribution >= 4 is 0 Å². The Labute approximate surface area is 92.7 Å². The summed E-state index contributed by atoms with van der Waals surface area (Å²) in [5.41, 5.74) is -0.00719. The molecule has 16 heavy (non-hydrogen) atoms. The molecule has 0 spiro atoms. The monoisotopic (exact) mass is 219 g/mol. The minimum absolute atomic E-state index is 0.00719. The van der Waals surface area contributed by atoms with Crippen molar-refractivity contribution in [2.75, 3.05) is 0 Å². The molecule has 0 fully saturated rings. The van der Waals surface area contributed by atoms with Crippen LogP contribution in [0.25, 0.3) is 0 Å². The van der Waals surface area contributed by atoms with Crippen LogP contribution < -0.4 is 5.43 Å². The van der Waals surface area contributed by atoms with E-state index in [0.29, 0.717) is 18.3 Å². The second-order valence-electron chi connectivity index (χ2n) is 3.91. The largest absolute Gasteiger partial charge is 0.346 e. The van der Waals surface area contributed by atoms with Gasteiger partial charge in [-0.3, -0.25) is 4.79 Å². The second kappa shape index (κ2) is 4.30. The molecule has 5 heteroatoms. The molecule has 0 radical (unpaired) electrons. The van der Waals surface area contributed by atoms with Gasteiger partial charge in [0.1, 0.15) is 0 Å². The van der Waals surface area contributed by atoms with Gasteiger partial charge in [-0.2, -0.15) is 4.98 Å². The molecule has 2 aromatic heterocycles. The first-order valence-electron chi connectivity index (χ1n) is 5.14. The van der Waals surface area contributed by atoms with Gasteiger partial charge in [0, 0.05) is 30.4 Å². The fourth-order valence-electron chi connectivity index (χ4n) is 1.28. The Kier molecular flexibility index (Phi) is 2.85. The lowest BCUT2D eigenvalue weighted by atomic mass is 10.2. The molecule has 0 saturated heterocycles. The highest BCUT2D eigenvalue weighted by Crippen LogP contribution is 2.11. The third-order valence-electron chi connectivity index (χ3n) is 2.16. The fraction of sp³-hybridized carbons (Fsp3) is 0.364. The van der Waals surface area contributed by atoms with Crippen LogP contribution >= 0.6 is 0 Å². The molecule has 5 nitrogen and oxygen atoms in total. The number of pyridine rings is 1. The van der Waals surface area contributed by atoms with Crippen molar-refractivity contribution in [3.63, 3.8) is 0 Å². The number of rotatable bonds is 3. The standard InChI is InChI=1S/C11H13N3O2/c1-8(2)11-12-10(13-16-11)7-14-5-3-9(15)4-6-14/h3-6,8H,7H2,1-2H3. The lowest BCUT2D eigenvalue weighted by molar-refractivity contribution is 0.360. The van der Waals surface area contributed by atoms with E-state index in [4.69, 9.17) is 4.52 Å². The van der Waals surface area contributed by atoms with Gasteiger partial charge in [0.15, 0.2) is 11.3 Å². The van der Waals surface area contributed by atoms with Crippen molar-refractivity contribution < 1.29 is 4.52 Å². The molecule has 0 atom stereocenters. The van der Waals surface area contributed by atoms with Gasteiger partial charge in [0.2, 0.25) is 5.89 Å². The third kappa shape index (κ3) is 2.36. The molecule has 2 aromatic rings. The smallest absolute Gasteiger partial charge is 0.229 e. The van der Waals surface area contributed by atoms with Gasteiger partial charge < -0.3 is 9.09 Å². The number of nitrogens with zero attached hydrogens (tertiary/aromatic N) is 3. The Morgan fingerprint density at radius 3 is 2.62 bits per heavy atom. The highest BCUT2D eigenvalue weighted by atomic mass is 16.5. The summed E-state index contributed by atoms with van der Waals surface area (Å²) in [5.74, 6) is 1.48. The summed E-state index contributed by atoms with van der Waals surface area (Å²) in [5, 5.41) is 3.87. The van der Waals surface area contributed by atoms with E-state index in [9.17, 15) is 4.79 Å². The van der Waals surface area contributed by atoms with E-state index in [0.717, 1.165) is 0 Å². The van der Waals surface area contributed by atoms with E-state index in [1.807, 2.05) is 18.4 Å². The maximum absolute atomic E-state index is 10.9. The normalized spacial score (nSPS) is 10.9. The molecule has 0 aliphatic carbocycles. The molecule has 0 aliphatic rings. The molecule has 0 bridgehead atoms. The van der Waals surface area contributed by atoms with Crippen molar-refractivity contribution in [3.05, 3.63) is 46.5 Å². The average molecular weight is 219 g/mol. The Hall–Kier alpha value is -1.91. The summed E-state index contributed by atoms with van der Waals surface area (Å²) in [7, 11) is 0. The van der Waals surface area contributed by atoms with E-state index in [-0.39, 0.29) is 11.3 Å². The Balaban J connectivity index is 2.14. The van der Waals surface area contributed by atoms with Crippen LogP contribution in [0.1, 0.15) is 31.5 Å². The van der Waals surface area contributed by atoms with Crippen LogP contribution in [0.2, 0.25) is 0 Å². The van der Waals surface area contributed by atoms with Gasteiger partial charge in [-0.1, -0.05) is 19.0 Å². The van der Waals surface area contributed by atoms with Gasteiger partial charge in [0.25, 0.3) is 0 Å². The van der Waals surface area contributed by atoms with Gasteiger partial charge in [-0.15, -0.1) is 0 Å². The highest BCUT2D eigenvalue weighted by Gasteiger charge is 2.09. The van der Waals surface area contributed by atoms with Crippen LogP contribution in [0, 0.1) is 0 Å². The summed E-state index contributed by atoms with van der Waals surface area (Å²) in [6, 6.07) is 3.01. The van der Waals surface area contributed by atoms with Gasteiger partial charge in [-0.25, -0.2) is 0 Å². The van der Waals surface area contributed by atoms with Crippen LogP contribution in [0.15, 0.2) is 33.8 Å². The zero-order valence-corrected chi connectivity index (χ0v) is 9.25. The van der Waals surface area contributed by atoms with E-state index in [1.165, 1.54) is 12.1 Å². The van der Waals surface area contributed by atoms with E-state index >= 15 is 0 Å². The highest BCUT2D eigenvalue weighted by molar-refractivity contribution is 4.97. The SMILES string of the molecule is CC(C)c1nc(Cn2ccc(=O)cc2)no1. The number of aromatic nitrogens is 3. The van der Waals surface area contributed by atoms with E-state index in [1.54, 1.807) is 12.4 Å². The lowest BCUT2D eigenvalue weighted by Gasteiger charge is -2.00. The first-order valence-corrected chi connectivity index (χ1v) is 5.14. The maximum Gasteiger partial charge on any atom is 0.229 e. The van der Waals surface area contributed by atoms with Gasteiger partial charge in [0.05, 0.1) is 6.54 Å². The zero-order valence-electron chi connectivity index (χ0n) is 9.25. The molecule has 84 valence electrons. The average Bonchev–Trinajstić information content (AvgIpc) is 2.70. The van der Waals surface area contributed by atoms with Crippen molar-refractivity contribution in [1.82, 2.24) is 14.7 Å². The minimum Gasteiger partial charge on any atom is -0.346 e. The van der Waals surface area contributed by atoms with E-state index in [2.05, 4.69) is 10.1 Å². The fourth-order valence-corrected chi connectivity index (χ4v) is 1.28. The number of hydrogen-bond donors (Lipinski definition) is 0. The molecule has 2 rings (SSSR count). The summed E-state index contributed by atoms with van der Waals surface area (Å²) in [4.78, 5) is 15.2. The molecule has 0 amide bonds. The summed E-state index contributed by atoms with van der Waals surface area (Å²) < 4.78 is 6.92.